The summed E-state index contributed by atoms with van der Waals surface area (Å²) in [4.78, 5) is 19.9. The van der Waals surface area contributed by atoms with Crippen molar-refractivity contribution in [1.29, 1.82) is 0 Å². The SMILES string of the molecule is CCn1c(SC(C)c2nc3ccccc3c(=O)[nH]2)nnc1-c1cccc(Cl)c1. The molecule has 0 aliphatic heterocycles. The summed E-state index contributed by atoms with van der Waals surface area (Å²) in [6.07, 6.45) is 0. The molecule has 0 aliphatic carbocycles. The van der Waals surface area contributed by atoms with Gasteiger partial charge in [0.1, 0.15) is 5.82 Å². The Bertz CT molecular complexity index is 1200. The molecule has 1 unspecified atom stereocenters. The van der Waals surface area contributed by atoms with Crippen LogP contribution in [0.25, 0.3) is 22.3 Å². The maximum absolute atomic E-state index is 12.4. The first kappa shape index (κ1) is 18.7. The van der Waals surface area contributed by atoms with Crippen LogP contribution >= 0.6 is 23.4 Å². The van der Waals surface area contributed by atoms with Gasteiger partial charge in [0.2, 0.25) is 0 Å². The monoisotopic (exact) mass is 411 g/mol. The Morgan fingerprint density at radius 2 is 2.00 bits per heavy atom. The van der Waals surface area contributed by atoms with E-state index in [1.807, 2.05) is 60.9 Å². The van der Waals surface area contributed by atoms with E-state index in [9.17, 15) is 4.79 Å². The van der Waals surface area contributed by atoms with Crippen LogP contribution in [0.4, 0.5) is 0 Å². The zero-order valence-corrected chi connectivity index (χ0v) is 17.0. The summed E-state index contributed by atoms with van der Waals surface area (Å²) in [6, 6.07) is 14.9. The van der Waals surface area contributed by atoms with Crippen LogP contribution in [0.15, 0.2) is 58.5 Å². The molecule has 142 valence electrons. The first-order chi connectivity index (χ1) is 13.6. The van der Waals surface area contributed by atoms with E-state index in [-0.39, 0.29) is 10.8 Å². The van der Waals surface area contributed by atoms with Crippen molar-refractivity contribution in [2.75, 3.05) is 0 Å². The number of rotatable bonds is 5. The summed E-state index contributed by atoms with van der Waals surface area (Å²) >= 11 is 7.63. The van der Waals surface area contributed by atoms with Gasteiger partial charge in [0.05, 0.1) is 16.2 Å². The van der Waals surface area contributed by atoms with Crippen LogP contribution in [0.1, 0.15) is 24.9 Å². The highest BCUT2D eigenvalue weighted by Crippen LogP contribution is 2.34. The van der Waals surface area contributed by atoms with Crippen molar-refractivity contribution >= 4 is 34.3 Å². The Morgan fingerprint density at radius 3 is 2.79 bits per heavy atom. The van der Waals surface area contributed by atoms with E-state index >= 15 is 0 Å². The molecule has 2 aromatic carbocycles. The highest BCUT2D eigenvalue weighted by molar-refractivity contribution is 7.99. The van der Waals surface area contributed by atoms with Gasteiger partial charge in [-0.3, -0.25) is 4.79 Å². The minimum Gasteiger partial charge on any atom is -0.309 e. The highest BCUT2D eigenvalue weighted by Gasteiger charge is 2.19. The summed E-state index contributed by atoms with van der Waals surface area (Å²) < 4.78 is 2.03. The number of hydrogen-bond donors (Lipinski definition) is 1. The van der Waals surface area contributed by atoms with Crippen molar-refractivity contribution in [1.82, 2.24) is 24.7 Å². The molecule has 0 fully saturated rings. The van der Waals surface area contributed by atoms with Crippen molar-refractivity contribution in [3.63, 3.8) is 0 Å². The van der Waals surface area contributed by atoms with Gasteiger partial charge < -0.3 is 9.55 Å². The zero-order valence-electron chi connectivity index (χ0n) is 15.4. The van der Waals surface area contributed by atoms with E-state index in [0.717, 1.165) is 16.5 Å². The van der Waals surface area contributed by atoms with Crippen molar-refractivity contribution < 1.29 is 0 Å². The van der Waals surface area contributed by atoms with E-state index in [0.29, 0.717) is 28.3 Å². The summed E-state index contributed by atoms with van der Waals surface area (Å²) in [6.45, 7) is 4.75. The van der Waals surface area contributed by atoms with Crippen LogP contribution in [0.3, 0.4) is 0 Å². The second-order valence-corrected chi connectivity index (χ2v) is 8.03. The van der Waals surface area contributed by atoms with Crippen LogP contribution in [0, 0.1) is 0 Å². The van der Waals surface area contributed by atoms with Crippen LogP contribution < -0.4 is 5.56 Å². The van der Waals surface area contributed by atoms with Crippen molar-refractivity contribution in [2.45, 2.75) is 30.8 Å². The van der Waals surface area contributed by atoms with E-state index in [2.05, 4.69) is 20.2 Å². The maximum atomic E-state index is 12.4. The topological polar surface area (TPSA) is 76.5 Å². The summed E-state index contributed by atoms with van der Waals surface area (Å²) in [7, 11) is 0. The molecule has 2 aromatic heterocycles. The molecule has 0 saturated heterocycles. The fourth-order valence-corrected chi connectivity index (χ4v) is 4.17. The van der Waals surface area contributed by atoms with E-state index < -0.39 is 0 Å². The standard InChI is InChI=1S/C20H18ClN5OS/c1-3-26-18(13-7-6-8-14(21)11-13)24-25-20(26)28-12(2)17-22-16-10-5-4-9-15(16)19(27)23-17/h4-12H,3H2,1-2H3,(H,22,23,27). The summed E-state index contributed by atoms with van der Waals surface area (Å²) in [5.74, 6) is 1.38. The molecule has 0 radical (unpaired) electrons. The third kappa shape index (κ3) is 3.55. The Labute approximate surface area is 171 Å². The van der Waals surface area contributed by atoms with Gasteiger partial charge in [-0.15, -0.1) is 10.2 Å². The molecule has 4 aromatic rings. The largest absolute Gasteiger partial charge is 0.309 e. The van der Waals surface area contributed by atoms with E-state index in [1.165, 1.54) is 11.8 Å². The molecule has 1 N–H and O–H groups in total. The number of aromatic amines is 1. The van der Waals surface area contributed by atoms with Crippen LogP contribution in [0.2, 0.25) is 5.02 Å². The molecule has 4 rings (SSSR count). The fourth-order valence-electron chi connectivity index (χ4n) is 3.01. The lowest BCUT2D eigenvalue weighted by atomic mass is 10.2. The zero-order chi connectivity index (χ0) is 19.7. The number of benzene rings is 2. The third-order valence-electron chi connectivity index (χ3n) is 4.41. The number of nitrogens with zero attached hydrogens (tertiary/aromatic N) is 4. The Balaban J connectivity index is 1.67. The van der Waals surface area contributed by atoms with Crippen molar-refractivity contribution in [3.8, 4) is 11.4 Å². The molecule has 0 amide bonds. The Hall–Kier alpha value is -2.64. The summed E-state index contributed by atoms with van der Waals surface area (Å²) in [5, 5.41) is 10.6. The first-order valence-electron chi connectivity index (χ1n) is 8.91. The second kappa shape index (κ2) is 7.77. The molecule has 0 saturated carbocycles. The predicted molar refractivity (Wildman–Crippen MR) is 113 cm³/mol. The van der Waals surface area contributed by atoms with E-state index in [4.69, 9.17) is 11.6 Å². The lowest BCUT2D eigenvalue weighted by molar-refractivity contribution is 0.685. The molecular formula is C20H18ClN5OS. The van der Waals surface area contributed by atoms with Crippen LogP contribution in [-0.2, 0) is 6.54 Å². The van der Waals surface area contributed by atoms with Gasteiger partial charge in [-0.05, 0) is 38.1 Å². The fraction of sp³-hybridized carbons (Fsp3) is 0.200. The molecule has 28 heavy (non-hydrogen) atoms. The molecule has 8 heteroatoms. The van der Waals surface area contributed by atoms with E-state index in [1.54, 1.807) is 6.07 Å². The number of nitrogens with one attached hydrogen (secondary N) is 1. The third-order valence-corrected chi connectivity index (χ3v) is 5.74. The predicted octanol–water partition coefficient (Wildman–Crippen LogP) is 4.71. The van der Waals surface area contributed by atoms with Gasteiger partial charge in [-0.25, -0.2) is 4.98 Å². The van der Waals surface area contributed by atoms with Crippen LogP contribution in [0.5, 0.6) is 0 Å². The first-order valence-corrected chi connectivity index (χ1v) is 10.2. The number of fused-ring (bicyclic) bond motifs is 1. The molecule has 0 spiro atoms. The molecule has 0 bridgehead atoms. The quantitative estimate of drug-likeness (QED) is 0.481. The van der Waals surface area contributed by atoms with Crippen molar-refractivity contribution in [3.05, 3.63) is 69.7 Å². The minimum absolute atomic E-state index is 0.0981. The lowest BCUT2D eigenvalue weighted by Crippen LogP contribution is -2.13. The molecular weight excluding hydrogens is 394 g/mol. The summed E-state index contributed by atoms with van der Waals surface area (Å²) in [5.41, 5.74) is 1.47. The van der Waals surface area contributed by atoms with Crippen molar-refractivity contribution in [2.24, 2.45) is 0 Å². The number of aromatic nitrogens is 5. The molecule has 6 nitrogen and oxygen atoms in total. The number of H-pyrrole nitrogens is 1. The van der Waals surface area contributed by atoms with Gasteiger partial charge in [-0.2, -0.15) is 0 Å². The van der Waals surface area contributed by atoms with Gasteiger partial charge in [0.15, 0.2) is 11.0 Å². The number of halogens is 1. The van der Waals surface area contributed by atoms with Gasteiger partial charge in [0.25, 0.3) is 5.56 Å². The second-order valence-electron chi connectivity index (χ2n) is 6.29. The number of thioether (sulfide) groups is 1. The normalized spacial score (nSPS) is 12.4. The smallest absolute Gasteiger partial charge is 0.258 e. The minimum atomic E-state index is -0.135. The Kier molecular flexibility index (Phi) is 5.19. The molecule has 1 atom stereocenters. The average molecular weight is 412 g/mol. The average Bonchev–Trinajstić information content (AvgIpc) is 3.10. The molecule has 0 aliphatic rings. The number of hydrogen-bond acceptors (Lipinski definition) is 5. The van der Waals surface area contributed by atoms with Gasteiger partial charge in [-0.1, -0.05) is 47.6 Å². The Morgan fingerprint density at radius 1 is 1.18 bits per heavy atom. The van der Waals surface area contributed by atoms with Crippen LogP contribution in [-0.4, -0.2) is 24.7 Å². The highest BCUT2D eigenvalue weighted by atomic mass is 35.5. The van der Waals surface area contributed by atoms with Gasteiger partial charge in [0, 0.05) is 17.1 Å². The van der Waals surface area contributed by atoms with Gasteiger partial charge >= 0.3 is 0 Å². The maximum Gasteiger partial charge on any atom is 0.258 e. The lowest BCUT2D eigenvalue weighted by Gasteiger charge is -2.12. The number of para-hydroxylation sites is 1. The molecule has 2 heterocycles.